The van der Waals surface area contributed by atoms with Crippen molar-refractivity contribution in [3.63, 3.8) is 0 Å². The average molecular weight is 332 g/mol. The molecule has 0 spiro atoms. The number of rotatable bonds is 5. The third-order valence-corrected chi connectivity index (χ3v) is 3.40. The zero-order valence-electron chi connectivity index (χ0n) is 12.3. The van der Waals surface area contributed by atoms with E-state index in [1.54, 1.807) is 24.3 Å². The minimum Gasteiger partial charge on any atom is -0.465 e. The Morgan fingerprint density at radius 2 is 1.43 bits per heavy atom. The summed E-state index contributed by atoms with van der Waals surface area (Å²) in [5.74, 6) is -1.10. The van der Waals surface area contributed by atoms with E-state index >= 15 is 0 Å². The van der Waals surface area contributed by atoms with E-state index in [2.05, 4.69) is 10.1 Å². The van der Waals surface area contributed by atoms with Crippen molar-refractivity contribution in [2.75, 3.05) is 13.7 Å². The Morgan fingerprint density at radius 3 is 2.00 bits per heavy atom. The van der Waals surface area contributed by atoms with Crippen molar-refractivity contribution in [3.8, 4) is 0 Å². The van der Waals surface area contributed by atoms with Crippen molar-refractivity contribution in [1.29, 1.82) is 0 Å². The Hall–Kier alpha value is -2.66. The Bertz CT molecular complexity index is 723. The number of esters is 1. The summed E-state index contributed by atoms with van der Waals surface area (Å²) in [5, 5.41) is 3.08. The molecular formula is C17H14ClNO4. The number of ketones is 1. The summed E-state index contributed by atoms with van der Waals surface area (Å²) >= 11 is 5.76. The summed E-state index contributed by atoms with van der Waals surface area (Å²) < 4.78 is 4.58. The van der Waals surface area contributed by atoms with Crippen LogP contribution in [0.5, 0.6) is 0 Å². The van der Waals surface area contributed by atoms with Gasteiger partial charge in [-0.25, -0.2) is 4.79 Å². The van der Waals surface area contributed by atoms with Gasteiger partial charge in [-0.3, -0.25) is 9.59 Å². The number of amides is 1. The number of methoxy groups -OCH3 is 1. The van der Waals surface area contributed by atoms with E-state index in [1.807, 2.05) is 0 Å². The summed E-state index contributed by atoms with van der Waals surface area (Å²) in [6.07, 6.45) is 0. The molecule has 6 heteroatoms. The molecule has 1 amide bonds. The lowest BCUT2D eigenvalue weighted by molar-refractivity contribution is 0.0600. The number of hydrogen-bond acceptors (Lipinski definition) is 4. The van der Waals surface area contributed by atoms with Crippen LogP contribution in [0.15, 0.2) is 48.5 Å². The van der Waals surface area contributed by atoms with Crippen LogP contribution in [-0.2, 0) is 4.74 Å². The molecular weight excluding hydrogens is 318 g/mol. The molecule has 0 aliphatic rings. The van der Waals surface area contributed by atoms with Crippen molar-refractivity contribution < 1.29 is 19.1 Å². The van der Waals surface area contributed by atoms with Crippen LogP contribution in [0.3, 0.4) is 0 Å². The number of hydrogen-bond donors (Lipinski definition) is 1. The Labute approximate surface area is 138 Å². The fourth-order valence-corrected chi connectivity index (χ4v) is 2.00. The summed E-state index contributed by atoms with van der Waals surface area (Å²) in [7, 11) is 1.28. The van der Waals surface area contributed by atoms with Gasteiger partial charge >= 0.3 is 5.97 Å². The minimum absolute atomic E-state index is 0.126. The second kappa shape index (κ2) is 7.56. The molecule has 118 valence electrons. The van der Waals surface area contributed by atoms with Gasteiger partial charge in [0.05, 0.1) is 19.2 Å². The highest BCUT2D eigenvalue weighted by Gasteiger charge is 2.11. The Kier molecular flexibility index (Phi) is 5.49. The summed E-state index contributed by atoms with van der Waals surface area (Å²) in [6.45, 7) is -0.126. The van der Waals surface area contributed by atoms with Crippen LogP contribution in [-0.4, -0.2) is 31.3 Å². The van der Waals surface area contributed by atoms with Gasteiger partial charge in [-0.1, -0.05) is 11.6 Å². The third-order valence-electron chi connectivity index (χ3n) is 3.14. The topological polar surface area (TPSA) is 72.5 Å². The van der Waals surface area contributed by atoms with E-state index < -0.39 is 11.9 Å². The van der Waals surface area contributed by atoms with E-state index in [-0.39, 0.29) is 12.3 Å². The lowest BCUT2D eigenvalue weighted by Gasteiger charge is -2.06. The monoisotopic (exact) mass is 331 g/mol. The van der Waals surface area contributed by atoms with Gasteiger partial charge in [0.15, 0.2) is 5.78 Å². The highest BCUT2D eigenvalue weighted by Crippen LogP contribution is 2.10. The lowest BCUT2D eigenvalue weighted by atomic mass is 10.1. The lowest BCUT2D eigenvalue weighted by Crippen LogP contribution is -2.29. The number of halogens is 1. The number of ether oxygens (including phenoxy) is 1. The van der Waals surface area contributed by atoms with Crippen LogP contribution in [0.2, 0.25) is 5.02 Å². The molecule has 0 unspecified atom stereocenters. The maximum Gasteiger partial charge on any atom is 0.337 e. The van der Waals surface area contributed by atoms with Gasteiger partial charge in [0, 0.05) is 16.1 Å². The first kappa shape index (κ1) is 16.7. The summed E-state index contributed by atoms with van der Waals surface area (Å²) in [6, 6.07) is 12.4. The number of benzene rings is 2. The van der Waals surface area contributed by atoms with E-state index in [1.165, 1.54) is 31.4 Å². The van der Waals surface area contributed by atoms with Crippen LogP contribution in [0.25, 0.3) is 0 Å². The van der Waals surface area contributed by atoms with Gasteiger partial charge in [0.1, 0.15) is 0 Å². The molecule has 0 atom stereocenters. The molecule has 0 heterocycles. The van der Waals surface area contributed by atoms with E-state index in [0.29, 0.717) is 21.7 Å². The average Bonchev–Trinajstić information content (AvgIpc) is 2.59. The van der Waals surface area contributed by atoms with Crippen molar-refractivity contribution in [2.24, 2.45) is 0 Å². The van der Waals surface area contributed by atoms with Gasteiger partial charge < -0.3 is 10.1 Å². The Morgan fingerprint density at radius 1 is 0.913 bits per heavy atom. The van der Waals surface area contributed by atoms with Crippen LogP contribution < -0.4 is 5.32 Å². The van der Waals surface area contributed by atoms with E-state index in [0.717, 1.165) is 0 Å². The third kappa shape index (κ3) is 4.40. The standard InChI is InChI=1S/C17H14ClNO4/c1-23-17(22)13-4-2-12(3-5-13)16(21)19-10-15(20)11-6-8-14(18)9-7-11/h2-9H,10H2,1H3,(H,19,21). The Balaban J connectivity index is 1.95. The van der Waals surface area contributed by atoms with E-state index in [9.17, 15) is 14.4 Å². The molecule has 5 nitrogen and oxygen atoms in total. The normalized spacial score (nSPS) is 10.0. The van der Waals surface area contributed by atoms with Crippen molar-refractivity contribution >= 4 is 29.3 Å². The first-order valence-corrected chi connectivity index (χ1v) is 7.14. The number of Topliss-reactive ketones (excluding diaryl/α,β-unsaturated/α-hetero) is 1. The van der Waals surface area contributed by atoms with Gasteiger partial charge in [-0.15, -0.1) is 0 Å². The van der Waals surface area contributed by atoms with E-state index in [4.69, 9.17) is 11.6 Å². The predicted molar refractivity (Wildman–Crippen MR) is 85.9 cm³/mol. The first-order chi connectivity index (χ1) is 11.0. The van der Waals surface area contributed by atoms with Gasteiger partial charge in [-0.2, -0.15) is 0 Å². The fraction of sp³-hybridized carbons (Fsp3) is 0.118. The molecule has 2 rings (SSSR count). The summed E-state index contributed by atoms with van der Waals surface area (Å²) in [5.41, 5.74) is 1.17. The number of carbonyl (C=O) groups excluding carboxylic acids is 3. The molecule has 0 fully saturated rings. The maximum absolute atomic E-state index is 12.0. The molecule has 0 saturated carbocycles. The highest BCUT2D eigenvalue weighted by molar-refractivity contribution is 6.30. The largest absolute Gasteiger partial charge is 0.465 e. The molecule has 23 heavy (non-hydrogen) atoms. The van der Waals surface area contributed by atoms with Crippen LogP contribution in [0, 0.1) is 0 Å². The van der Waals surface area contributed by atoms with Gasteiger partial charge in [0.2, 0.25) is 0 Å². The molecule has 0 bridgehead atoms. The highest BCUT2D eigenvalue weighted by atomic mass is 35.5. The van der Waals surface area contributed by atoms with Crippen molar-refractivity contribution in [1.82, 2.24) is 5.32 Å². The van der Waals surface area contributed by atoms with Crippen molar-refractivity contribution in [3.05, 3.63) is 70.2 Å². The second-order valence-electron chi connectivity index (χ2n) is 4.68. The molecule has 2 aromatic rings. The van der Waals surface area contributed by atoms with Crippen LogP contribution in [0.1, 0.15) is 31.1 Å². The smallest absolute Gasteiger partial charge is 0.337 e. The summed E-state index contributed by atoms with van der Waals surface area (Å²) in [4.78, 5) is 35.3. The molecule has 0 aromatic heterocycles. The molecule has 2 aromatic carbocycles. The first-order valence-electron chi connectivity index (χ1n) is 6.76. The minimum atomic E-state index is -0.477. The molecule has 0 aliphatic carbocycles. The number of carbonyl (C=O) groups is 3. The quantitative estimate of drug-likeness (QED) is 0.675. The van der Waals surface area contributed by atoms with Gasteiger partial charge in [-0.05, 0) is 48.5 Å². The predicted octanol–water partition coefficient (Wildman–Crippen LogP) is 2.74. The van der Waals surface area contributed by atoms with Crippen LogP contribution >= 0.6 is 11.6 Å². The van der Waals surface area contributed by atoms with Crippen LogP contribution in [0.4, 0.5) is 0 Å². The maximum atomic E-state index is 12.0. The second-order valence-corrected chi connectivity index (χ2v) is 5.12. The zero-order valence-corrected chi connectivity index (χ0v) is 13.1. The SMILES string of the molecule is COC(=O)c1ccc(C(=O)NCC(=O)c2ccc(Cl)cc2)cc1. The molecule has 0 aliphatic heterocycles. The van der Waals surface area contributed by atoms with Crippen molar-refractivity contribution in [2.45, 2.75) is 0 Å². The molecule has 0 saturated heterocycles. The molecule has 0 radical (unpaired) electrons. The zero-order chi connectivity index (χ0) is 16.8. The fourth-order valence-electron chi connectivity index (χ4n) is 1.88. The molecule has 1 N–H and O–H groups in total. The van der Waals surface area contributed by atoms with Gasteiger partial charge in [0.25, 0.3) is 5.91 Å². The number of nitrogens with one attached hydrogen (secondary N) is 1.